The minimum absolute atomic E-state index is 0.114. The Bertz CT molecular complexity index is 1420. The number of amides is 1. The number of nitrogens with zero attached hydrogens (tertiary/aromatic N) is 2. The molecule has 260 valence electrons. The molecule has 1 amide bonds. The molecular formula is C37H50N4O7. The van der Waals surface area contributed by atoms with Crippen molar-refractivity contribution >= 4 is 17.7 Å². The second kappa shape index (κ2) is 24.0. The number of hydrogen-bond acceptors (Lipinski definition) is 8. The number of hydrogen-bond donors (Lipinski definition) is 2. The quantitative estimate of drug-likeness (QED) is 0.0223. The monoisotopic (exact) mass is 662 g/mol. The average molecular weight is 663 g/mol. The number of unbranched alkanes of at least 4 members (excludes halogenated alkanes) is 2. The van der Waals surface area contributed by atoms with Gasteiger partial charge in [0.25, 0.3) is 0 Å². The van der Waals surface area contributed by atoms with Crippen molar-refractivity contribution in [3.8, 4) is 11.5 Å². The highest BCUT2D eigenvalue weighted by Crippen LogP contribution is 2.27. The summed E-state index contributed by atoms with van der Waals surface area (Å²) in [6.45, 7) is 12.3. The fourth-order valence-electron chi connectivity index (χ4n) is 4.19. The Hall–Kier alpha value is -5.19. The lowest BCUT2D eigenvalue weighted by atomic mass is 9.99. The van der Waals surface area contributed by atoms with Gasteiger partial charge in [-0.3, -0.25) is 14.9 Å². The molecule has 2 aromatic rings. The van der Waals surface area contributed by atoms with Crippen LogP contribution in [-0.4, -0.2) is 49.5 Å². The molecule has 0 heterocycles. The van der Waals surface area contributed by atoms with Crippen molar-refractivity contribution in [2.75, 3.05) is 26.9 Å². The van der Waals surface area contributed by atoms with Crippen molar-refractivity contribution in [3.05, 3.63) is 119 Å². The summed E-state index contributed by atoms with van der Waals surface area (Å²) in [4.78, 5) is 40.9. The Morgan fingerprint density at radius 3 is 2.38 bits per heavy atom. The number of aliphatic imine (C=N–C) groups is 1. The first-order valence-corrected chi connectivity index (χ1v) is 16.0. The minimum atomic E-state index is -0.629. The van der Waals surface area contributed by atoms with Crippen molar-refractivity contribution in [3.63, 3.8) is 0 Å². The molecule has 0 saturated carbocycles. The number of ether oxygens (including phenoxy) is 3. The molecule has 3 N–H and O–H groups in total. The van der Waals surface area contributed by atoms with Crippen LogP contribution in [0.25, 0.3) is 0 Å². The zero-order valence-electron chi connectivity index (χ0n) is 28.6. The van der Waals surface area contributed by atoms with E-state index in [1.54, 1.807) is 62.6 Å². The van der Waals surface area contributed by atoms with Gasteiger partial charge in [-0.25, -0.2) is 9.79 Å². The summed E-state index contributed by atoms with van der Waals surface area (Å²) in [5, 5.41) is 13.6. The van der Waals surface area contributed by atoms with E-state index in [2.05, 4.69) is 30.4 Å². The van der Waals surface area contributed by atoms with E-state index in [1.165, 1.54) is 12.3 Å². The average Bonchev–Trinajstić information content (AvgIpc) is 3.08. The summed E-state index contributed by atoms with van der Waals surface area (Å²) in [7, 11) is 1.58. The van der Waals surface area contributed by atoms with Crippen molar-refractivity contribution in [1.82, 2.24) is 5.32 Å². The molecule has 0 bridgehead atoms. The highest BCUT2D eigenvalue weighted by molar-refractivity contribution is 5.93. The second-order valence-electron chi connectivity index (χ2n) is 10.4. The Morgan fingerprint density at radius 1 is 1.06 bits per heavy atom. The lowest BCUT2D eigenvalue weighted by molar-refractivity contribution is -0.468. The summed E-state index contributed by atoms with van der Waals surface area (Å²) >= 11 is 0. The normalized spacial score (nSPS) is 12.2. The number of rotatable bonds is 20. The van der Waals surface area contributed by atoms with E-state index in [0.717, 1.165) is 31.2 Å². The topological polar surface area (TPSA) is 155 Å². The van der Waals surface area contributed by atoms with E-state index in [9.17, 15) is 19.7 Å². The molecule has 0 radical (unpaired) electrons. The molecule has 11 heteroatoms. The van der Waals surface area contributed by atoms with Crippen molar-refractivity contribution in [2.24, 2.45) is 10.7 Å². The first-order valence-electron chi connectivity index (χ1n) is 16.0. The van der Waals surface area contributed by atoms with Gasteiger partial charge < -0.3 is 25.3 Å². The predicted octanol–water partition coefficient (Wildman–Crippen LogP) is 7.07. The van der Waals surface area contributed by atoms with Crippen molar-refractivity contribution < 1.29 is 28.7 Å². The summed E-state index contributed by atoms with van der Waals surface area (Å²) in [6, 6.07) is 11.8. The molecule has 0 saturated heterocycles. The number of methoxy groups -OCH3 is 1. The van der Waals surface area contributed by atoms with Crippen LogP contribution in [0.1, 0.15) is 80.4 Å². The molecular weight excluding hydrogens is 612 g/mol. The highest BCUT2D eigenvalue weighted by atomic mass is 16.6. The van der Waals surface area contributed by atoms with E-state index >= 15 is 0 Å². The molecule has 0 aliphatic heterocycles. The van der Waals surface area contributed by atoms with Crippen LogP contribution in [0, 0.1) is 10.1 Å². The maximum Gasteiger partial charge on any atom is 0.341 e. The second-order valence-corrected chi connectivity index (χ2v) is 10.4. The SMILES string of the molecule is C/C=C(\C=C/C[N+](=O)[O-])/C=C/N=C(N)CC(NC(=O)Cc1ccc(OC)cc1)c1ccc(OCCCC)c(C(=O)OCCCC)c1.C=C. The number of nitrogens with two attached hydrogens (primary N) is 1. The van der Waals surface area contributed by atoms with Crippen molar-refractivity contribution in [1.29, 1.82) is 0 Å². The van der Waals surface area contributed by atoms with E-state index in [0.29, 0.717) is 29.2 Å². The van der Waals surface area contributed by atoms with Crippen LogP contribution >= 0.6 is 0 Å². The van der Waals surface area contributed by atoms with Gasteiger partial charge in [0, 0.05) is 17.5 Å². The number of carbonyl (C=O) groups excluding carboxylic acids is 2. The molecule has 1 unspecified atom stereocenters. The van der Waals surface area contributed by atoms with Crippen LogP contribution in [0.5, 0.6) is 11.5 Å². The number of carbonyl (C=O) groups is 2. The largest absolute Gasteiger partial charge is 0.497 e. The molecule has 1 atom stereocenters. The maximum atomic E-state index is 13.2. The summed E-state index contributed by atoms with van der Waals surface area (Å²) in [5.41, 5.74) is 8.74. The smallest absolute Gasteiger partial charge is 0.341 e. The molecule has 0 aliphatic carbocycles. The molecule has 2 aromatic carbocycles. The van der Waals surface area contributed by atoms with Gasteiger partial charge in [-0.2, -0.15) is 0 Å². The van der Waals surface area contributed by atoms with Gasteiger partial charge >= 0.3 is 5.97 Å². The minimum Gasteiger partial charge on any atom is -0.497 e. The van der Waals surface area contributed by atoms with Gasteiger partial charge in [0.15, 0.2) is 0 Å². The number of esters is 1. The van der Waals surface area contributed by atoms with Gasteiger partial charge in [0.1, 0.15) is 22.9 Å². The van der Waals surface area contributed by atoms with Crippen LogP contribution < -0.4 is 20.5 Å². The molecule has 2 rings (SSSR count). The molecule has 0 spiro atoms. The van der Waals surface area contributed by atoms with E-state index in [-0.39, 0.29) is 43.3 Å². The summed E-state index contributed by atoms with van der Waals surface area (Å²) in [6.07, 6.45) is 11.7. The van der Waals surface area contributed by atoms with E-state index in [4.69, 9.17) is 19.9 Å². The summed E-state index contributed by atoms with van der Waals surface area (Å²) < 4.78 is 16.6. The zero-order valence-corrected chi connectivity index (χ0v) is 28.6. The maximum absolute atomic E-state index is 13.2. The molecule has 11 nitrogen and oxygen atoms in total. The third kappa shape index (κ3) is 15.9. The fourth-order valence-corrected chi connectivity index (χ4v) is 4.19. The first-order chi connectivity index (χ1) is 23.2. The Labute approximate surface area is 284 Å². The third-order valence-corrected chi connectivity index (χ3v) is 6.79. The van der Waals surface area contributed by atoms with E-state index in [1.807, 2.05) is 19.1 Å². The highest BCUT2D eigenvalue weighted by Gasteiger charge is 2.22. The number of amidine groups is 1. The standard InChI is InChI=1S/C35H46N4O7.C2H4/c1-5-8-21-45-32-17-14-28(24-30(32)35(41)46-22-9-6-2)31(38-34(40)23-27-12-15-29(44-4)16-13-27)25-33(36)37-19-18-26(7-3)11-10-20-39(42)43;1-2/h7,10-19,24,31H,5-6,8-9,20-23,25H2,1-4H3,(H2,36,37)(H,38,40);1-2H2/b11-10-,19-18+,26-7+;. The van der Waals surface area contributed by atoms with Gasteiger partial charge in [-0.05, 0) is 72.9 Å². The van der Waals surface area contributed by atoms with Crippen LogP contribution in [-0.2, 0) is 16.0 Å². The third-order valence-electron chi connectivity index (χ3n) is 6.79. The Kier molecular flexibility index (Phi) is 20.5. The number of nitro groups is 1. The van der Waals surface area contributed by atoms with Gasteiger partial charge in [-0.15, -0.1) is 13.2 Å². The number of nitrogens with one attached hydrogen (secondary N) is 1. The van der Waals surface area contributed by atoms with Gasteiger partial charge in [-0.1, -0.05) is 57.0 Å². The number of benzene rings is 2. The molecule has 0 aromatic heterocycles. The van der Waals surface area contributed by atoms with Crippen LogP contribution in [0.15, 0.2) is 96.7 Å². The fraction of sp³-hybridized carbons (Fsp3) is 0.378. The van der Waals surface area contributed by atoms with Gasteiger partial charge in [0.2, 0.25) is 12.5 Å². The van der Waals surface area contributed by atoms with Crippen LogP contribution in [0.2, 0.25) is 0 Å². The lowest BCUT2D eigenvalue weighted by Gasteiger charge is -2.21. The molecule has 0 aliphatic rings. The molecule has 0 fully saturated rings. The van der Waals surface area contributed by atoms with E-state index < -0.39 is 16.9 Å². The lowest BCUT2D eigenvalue weighted by Crippen LogP contribution is -2.33. The first kappa shape index (κ1) is 40.8. The molecule has 48 heavy (non-hydrogen) atoms. The predicted molar refractivity (Wildman–Crippen MR) is 191 cm³/mol. The zero-order chi connectivity index (χ0) is 35.7. The summed E-state index contributed by atoms with van der Waals surface area (Å²) in [5.74, 6) is 0.578. The van der Waals surface area contributed by atoms with Gasteiger partial charge in [0.05, 0.1) is 32.8 Å². The van der Waals surface area contributed by atoms with Crippen LogP contribution in [0.4, 0.5) is 0 Å². The number of allylic oxidation sites excluding steroid dienone is 4. The Balaban J connectivity index is 0.00000565. The van der Waals surface area contributed by atoms with Crippen LogP contribution in [0.3, 0.4) is 0 Å². The Morgan fingerprint density at radius 2 is 1.75 bits per heavy atom. The van der Waals surface area contributed by atoms with Crippen molar-refractivity contribution in [2.45, 2.75) is 65.3 Å².